The van der Waals surface area contributed by atoms with E-state index >= 15 is 0 Å². The van der Waals surface area contributed by atoms with Crippen molar-refractivity contribution < 1.29 is 14.6 Å². The second kappa shape index (κ2) is 7.98. The van der Waals surface area contributed by atoms with Gasteiger partial charge >= 0.3 is 5.97 Å². The van der Waals surface area contributed by atoms with E-state index in [1.807, 2.05) is 24.3 Å². The highest BCUT2D eigenvalue weighted by Gasteiger charge is 2.10. The lowest BCUT2D eigenvalue weighted by Crippen LogP contribution is -2.07. The molecular weight excluding hydrogens is 332 g/mol. The van der Waals surface area contributed by atoms with Crippen molar-refractivity contribution in [1.29, 1.82) is 0 Å². The first-order chi connectivity index (χ1) is 12.7. The van der Waals surface area contributed by atoms with Gasteiger partial charge in [0.25, 0.3) is 0 Å². The van der Waals surface area contributed by atoms with Crippen molar-refractivity contribution in [2.45, 2.75) is 6.54 Å². The molecule has 7 heteroatoms. The number of hydrogen-bond donors (Lipinski definition) is 3. The van der Waals surface area contributed by atoms with E-state index < -0.39 is 5.97 Å². The van der Waals surface area contributed by atoms with E-state index in [9.17, 15) is 9.90 Å². The van der Waals surface area contributed by atoms with Crippen LogP contribution >= 0.6 is 0 Å². The topological polar surface area (TPSA) is 96.4 Å². The van der Waals surface area contributed by atoms with Crippen LogP contribution in [-0.4, -0.2) is 28.2 Å². The molecule has 7 nitrogen and oxygen atoms in total. The molecule has 0 amide bonds. The number of hydrogen-bond acceptors (Lipinski definition) is 6. The Kier molecular flexibility index (Phi) is 5.28. The molecule has 3 N–H and O–H groups in total. The fraction of sp³-hybridized carbons (Fsp3) is 0.105. The van der Waals surface area contributed by atoms with E-state index in [0.29, 0.717) is 24.0 Å². The Bertz CT molecular complexity index is 915. The SMILES string of the molecule is COc1ccccc1CNc1nccc(Nc2ccccc2C(=O)O)n1. The van der Waals surface area contributed by atoms with Gasteiger partial charge in [-0.2, -0.15) is 4.98 Å². The highest BCUT2D eigenvalue weighted by molar-refractivity contribution is 5.94. The van der Waals surface area contributed by atoms with E-state index in [1.54, 1.807) is 37.6 Å². The normalized spacial score (nSPS) is 10.2. The van der Waals surface area contributed by atoms with E-state index in [-0.39, 0.29) is 5.56 Å². The predicted molar refractivity (Wildman–Crippen MR) is 99.0 cm³/mol. The molecule has 0 saturated carbocycles. The van der Waals surface area contributed by atoms with Crippen molar-refractivity contribution in [1.82, 2.24) is 9.97 Å². The van der Waals surface area contributed by atoms with Crippen LogP contribution < -0.4 is 15.4 Å². The van der Waals surface area contributed by atoms with Gasteiger partial charge in [0, 0.05) is 18.3 Å². The molecule has 0 aliphatic rings. The fourth-order valence-corrected chi connectivity index (χ4v) is 2.45. The Morgan fingerprint density at radius 1 is 1.12 bits per heavy atom. The van der Waals surface area contributed by atoms with Crippen molar-refractivity contribution in [3.05, 3.63) is 71.9 Å². The van der Waals surface area contributed by atoms with E-state index in [4.69, 9.17) is 4.74 Å². The zero-order valence-electron chi connectivity index (χ0n) is 14.1. The number of carboxylic acids is 1. The predicted octanol–water partition coefficient (Wildman–Crippen LogP) is 3.54. The summed E-state index contributed by atoms with van der Waals surface area (Å²) in [7, 11) is 1.62. The smallest absolute Gasteiger partial charge is 0.337 e. The zero-order chi connectivity index (χ0) is 18.4. The Labute approximate surface area is 150 Å². The summed E-state index contributed by atoms with van der Waals surface area (Å²) < 4.78 is 5.32. The molecule has 3 rings (SSSR count). The summed E-state index contributed by atoms with van der Waals surface area (Å²) in [6.07, 6.45) is 1.60. The molecule has 0 radical (unpaired) electrons. The number of methoxy groups -OCH3 is 1. The highest BCUT2D eigenvalue weighted by atomic mass is 16.5. The van der Waals surface area contributed by atoms with Crippen LogP contribution in [-0.2, 0) is 6.54 Å². The van der Waals surface area contributed by atoms with Crippen LogP contribution in [0.15, 0.2) is 60.8 Å². The largest absolute Gasteiger partial charge is 0.496 e. The zero-order valence-corrected chi connectivity index (χ0v) is 14.1. The number of aromatic carboxylic acids is 1. The third-order valence-corrected chi connectivity index (χ3v) is 3.71. The molecule has 0 fully saturated rings. The molecule has 0 atom stereocenters. The van der Waals surface area contributed by atoms with Gasteiger partial charge < -0.3 is 20.5 Å². The summed E-state index contributed by atoms with van der Waals surface area (Å²) in [4.78, 5) is 19.9. The molecule has 1 heterocycles. The molecule has 0 aliphatic heterocycles. The molecule has 0 spiro atoms. The van der Waals surface area contributed by atoms with Gasteiger partial charge in [0.05, 0.1) is 18.4 Å². The quantitative estimate of drug-likeness (QED) is 0.600. The first-order valence-corrected chi connectivity index (χ1v) is 7.95. The summed E-state index contributed by atoms with van der Waals surface area (Å²) in [5.74, 6) is 0.700. The number of nitrogens with one attached hydrogen (secondary N) is 2. The lowest BCUT2D eigenvalue weighted by Gasteiger charge is -2.11. The number of benzene rings is 2. The van der Waals surface area contributed by atoms with Gasteiger partial charge in [0.15, 0.2) is 0 Å². The van der Waals surface area contributed by atoms with Gasteiger partial charge in [0.1, 0.15) is 11.6 Å². The van der Waals surface area contributed by atoms with E-state index in [0.717, 1.165) is 11.3 Å². The molecule has 1 aromatic heterocycles. The van der Waals surface area contributed by atoms with Gasteiger partial charge in [-0.1, -0.05) is 30.3 Å². The van der Waals surface area contributed by atoms with Crippen LogP contribution in [0.2, 0.25) is 0 Å². The second-order valence-corrected chi connectivity index (χ2v) is 5.41. The van der Waals surface area contributed by atoms with Crippen LogP contribution in [0, 0.1) is 0 Å². The number of carbonyl (C=O) groups is 1. The summed E-state index contributed by atoms with van der Waals surface area (Å²) in [6.45, 7) is 0.499. The standard InChI is InChI=1S/C19H18N4O3/c1-26-16-9-5-2-6-13(16)12-21-19-20-11-10-17(23-19)22-15-8-4-3-7-14(15)18(24)25/h2-11H,12H2,1H3,(H,24,25)(H2,20,21,22,23). The number of aromatic nitrogens is 2. The summed E-state index contributed by atoms with van der Waals surface area (Å²) >= 11 is 0. The van der Waals surface area contributed by atoms with Gasteiger partial charge in [-0.05, 0) is 24.3 Å². The first kappa shape index (κ1) is 17.2. The number of rotatable bonds is 7. The lowest BCUT2D eigenvalue weighted by atomic mass is 10.2. The number of carboxylic acid groups (broad SMARTS) is 1. The van der Waals surface area contributed by atoms with Crippen molar-refractivity contribution in [2.24, 2.45) is 0 Å². The average Bonchev–Trinajstić information content (AvgIpc) is 2.67. The van der Waals surface area contributed by atoms with E-state index in [1.165, 1.54) is 6.07 Å². The summed E-state index contributed by atoms with van der Waals surface area (Å²) in [6, 6.07) is 16.0. The molecule has 0 saturated heterocycles. The first-order valence-electron chi connectivity index (χ1n) is 7.95. The molecule has 0 unspecified atom stereocenters. The van der Waals surface area contributed by atoms with Crippen LogP contribution in [0.25, 0.3) is 0 Å². The number of para-hydroxylation sites is 2. The molecule has 2 aromatic carbocycles. The van der Waals surface area contributed by atoms with Crippen LogP contribution in [0.3, 0.4) is 0 Å². The van der Waals surface area contributed by atoms with Crippen LogP contribution in [0.1, 0.15) is 15.9 Å². The monoisotopic (exact) mass is 350 g/mol. The maximum absolute atomic E-state index is 11.3. The highest BCUT2D eigenvalue weighted by Crippen LogP contribution is 2.21. The molecular formula is C19H18N4O3. The molecule has 0 aliphatic carbocycles. The number of nitrogens with zero attached hydrogens (tertiary/aromatic N) is 2. The number of anilines is 3. The van der Waals surface area contributed by atoms with Gasteiger partial charge in [0.2, 0.25) is 5.95 Å². The Morgan fingerprint density at radius 2 is 1.88 bits per heavy atom. The van der Waals surface area contributed by atoms with Crippen molar-refractivity contribution in [2.75, 3.05) is 17.7 Å². The maximum Gasteiger partial charge on any atom is 0.337 e. The van der Waals surface area contributed by atoms with Crippen LogP contribution in [0.4, 0.5) is 17.5 Å². The minimum absolute atomic E-state index is 0.176. The third kappa shape index (κ3) is 4.07. The number of ether oxygens (including phenoxy) is 1. The minimum atomic E-state index is -1.00. The summed E-state index contributed by atoms with van der Waals surface area (Å²) in [5, 5.41) is 15.4. The Hall–Kier alpha value is -3.61. The molecule has 26 heavy (non-hydrogen) atoms. The minimum Gasteiger partial charge on any atom is -0.496 e. The van der Waals surface area contributed by atoms with Crippen molar-refractivity contribution in [3.8, 4) is 5.75 Å². The van der Waals surface area contributed by atoms with E-state index in [2.05, 4.69) is 20.6 Å². The third-order valence-electron chi connectivity index (χ3n) is 3.71. The van der Waals surface area contributed by atoms with Crippen LogP contribution in [0.5, 0.6) is 5.75 Å². The van der Waals surface area contributed by atoms with Crippen molar-refractivity contribution in [3.63, 3.8) is 0 Å². The summed E-state index contributed by atoms with van der Waals surface area (Å²) in [5.41, 5.74) is 1.62. The second-order valence-electron chi connectivity index (χ2n) is 5.41. The van der Waals surface area contributed by atoms with Gasteiger partial charge in [-0.3, -0.25) is 0 Å². The fourth-order valence-electron chi connectivity index (χ4n) is 2.45. The lowest BCUT2D eigenvalue weighted by molar-refractivity contribution is 0.0698. The average molecular weight is 350 g/mol. The van der Waals surface area contributed by atoms with Crippen molar-refractivity contribution >= 4 is 23.4 Å². The van der Waals surface area contributed by atoms with Gasteiger partial charge in [-0.15, -0.1) is 0 Å². The molecule has 0 bridgehead atoms. The Balaban J connectivity index is 1.74. The maximum atomic E-state index is 11.3. The molecule has 132 valence electrons. The van der Waals surface area contributed by atoms with Gasteiger partial charge in [-0.25, -0.2) is 9.78 Å². The molecule has 3 aromatic rings. The Morgan fingerprint density at radius 3 is 2.69 bits per heavy atom.